The summed E-state index contributed by atoms with van der Waals surface area (Å²) in [6, 6.07) is 35.8. The molecule has 5 heteroatoms. The van der Waals surface area contributed by atoms with Crippen LogP contribution in [0.4, 0.5) is 4.39 Å². The number of nitrogens with zero attached hydrogens (tertiary/aromatic N) is 2. The highest BCUT2D eigenvalue weighted by Crippen LogP contribution is 2.55. The van der Waals surface area contributed by atoms with E-state index in [0.29, 0.717) is 12.5 Å². The van der Waals surface area contributed by atoms with Crippen LogP contribution in [0.1, 0.15) is 53.2 Å². The summed E-state index contributed by atoms with van der Waals surface area (Å²) in [5.74, 6) is 1.15. The van der Waals surface area contributed by atoms with Gasteiger partial charge in [0.15, 0.2) is 0 Å². The Balaban J connectivity index is 0.935. The predicted octanol–water partition coefficient (Wildman–Crippen LogP) is 7.66. The van der Waals surface area contributed by atoms with Gasteiger partial charge < -0.3 is 9.84 Å². The van der Waals surface area contributed by atoms with E-state index < -0.39 is 12.3 Å². The molecule has 1 aliphatic heterocycles. The highest BCUT2D eigenvalue weighted by Gasteiger charge is 2.44. The number of ether oxygens (including phenoxy) is 1. The monoisotopic (exact) mass is 586 g/mol. The van der Waals surface area contributed by atoms with Gasteiger partial charge in [-0.1, -0.05) is 78.9 Å². The number of fused-ring (bicyclic) bond motifs is 4. The third-order valence-corrected chi connectivity index (χ3v) is 10.0. The van der Waals surface area contributed by atoms with Crippen molar-refractivity contribution >= 4 is 21.5 Å². The van der Waals surface area contributed by atoms with Crippen LogP contribution in [0.25, 0.3) is 21.5 Å². The SMILES string of the molecule is O[C@@H](COc1ccc2cc3ccccc3cc2c1)CN1CCN(C2c3ccccc3C(F)C(C3CC3)c3ccccc32)CC1. The van der Waals surface area contributed by atoms with Gasteiger partial charge in [-0.25, -0.2) is 4.39 Å². The fraction of sp³-hybridized carbons (Fsp3) is 0.333. The van der Waals surface area contributed by atoms with E-state index in [1.807, 2.05) is 18.2 Å². The van der Waals surface area contributed by atoms with Gasteiger partial charge in [0.25, 0.3) is 0 Å². The molecule has 2 aliphatic carbocycles. The number of piperazine rings is 1. The lowest BCUT2D eigenvalue weighted by Gasteiger charge is -2.40. The summed E-state index contributed by atoms with van der Waals surface area (Å²) in [4.78, 5) is 4.86. The standard InChI is InChI=1S/C39H39FN2O2/c40-38-34-10-4-6-12-36(34)39(35-11-5-3-9-33(35)37(38)26-13-14-26)42-19-17-41(18-20-42)24-31(43)25-44-32-16-15-29-21-27-7-1-2-8-28(27)22-30(29)23-32/h1-12,15-16,21-23,26,31,37-39,43H,13-14,17-20,24-25H2/t31-,37?,38?,39?/m1/s1. The second-order valence-electron chi connectivity index (χ2n) is 12.9. The van der Waals surface area contributed by atoms with Crippen LogP contribution < -0.4 is 4.74 Å². The number of rotatable bonds is 7. The summed E-state index contributed by atoms with van der Waals surface area (Å²) in [6.07, 6.45) is 0.687. The molecule has 0 amide bonds. The topological polar surface area (TPSA) is 35.9 Å². The van der Waals surface area contributed by atoms with Crippen LogP contribution in [0.5, 0.6) is 5.75 Å². The molecule has 44 heavy (non-hydrogen) atoms. The van der Waals surface area contributed by atoms with E-state index in [9.17, 15) is 5.11 Å². The van der Waals surface area contributed by atoms with Crippen LogP contribution in [0, 0.1) is 5.92 Å². The molecule has 224 valence electrons. The average molecular weight is 587 g/mol. The van der Waals surface area contributed by atoms with Crippen molar-refractivity contribution in [1.29, 1.82) is 0 Å². The number of aliphatic hydroxyl groups excluding tert-OH is 1. The summed E-state index contributed by atoms with van der Waals surface area (Å²) in [6.45, 7) is 4.26. The number of β-amino-alcohol motifs (C(OH)–C–C–N with tert-alkyl or cyclic N) is 1. The zero-order chi connectivity index (χ0) is 29.6. The fourth-order valence-electron chi connectivity index (χ4n) is 7.69. The van der Waals surface area contributed by atoms with Crippen LogP contribution >= 0.6 is 0 Å². The molecule has 0 aromatic heterocycles. The van der Waals surface area contributed by atoms with E-state index in [0.717, 1.165) is 61.3 Å². The Morgan fingerprint density at radius 1 is 0.682 bits per heavy atom. The van der Waals surface area contributed by atoms with Crippen LogP contribution in [0.15, 0.2) is 103 Å². The van der Waals surface area contributed by atoms with Crippen molar-refractivity contribution in [2.24, 2.45) is 5.92 Å². The van der Waals surface area contributed by atoms with Crippen molar-refractivity contribution in [2.45, 2.75) is 37.1 Å². The van der Waals surface area contributed by atoms with Gasteiger partial charge in [-0.2, -0.15) is 0 Å². The Hall–Kier alpha value is -3.77. The molecule has 3 unspecified atom stereocenters. The minimum absolute atomic E-state index is 0.0461. The van der Waals surface area contributed by atoms with E-state index in [-0.39, 0.29) is 18.6 Å². The van der Waals surface area contributed by atoms with Crippen molar-refractivity contribution in [3.63, 3.8) is 0 Å². The third kappa shape index (κ3) is 5.27. The van der Waals surface area contributed by atoms with E-state index in [2.05, 4.69) is 94.7 Å². The van der Waals surface area contributed by atoms with Crippen molar-refractivity contribution < 1.29 is 14.2 Å². The summed E-state index contributed by atoms with van der Waals surface area (Å²) in [5, 5.41) is 15.7. The molecule has 2 fully saturated rings. The average Bonchev–Trinajstić information content (AvgIpc) is 3.90. The van der Waals surface area contributed by atoms with Crippen molar-refractivity contribution in [3.05, 3.63) is 125 Å². The maximum Gasteiger partial charge on any atom is 0.133 e. The Morgan fingerprint density at radius 2 is 1.27 bits per heavy atom. The van der Waals surface area contributed by atoms with E-state index in [1.54, 1.807) is 0 Å². The van der Waals surface area contributed by atoms with Gasteiger partial charge in [0.05, 0.1) is 6.04 Å². The Labute approximate surface area is 258 Å². The Morgan fingerprint density at radius 3 is 1.98 bits per heavy atom. The maximum atomic E-state index is 16.3. The molecule has 1 heterocycles. The van der Waals surface area contributed by atoms with Crippen LogP contribution in [0.2, 0.25) is 0 Å². The maximum absolute atomic E-state index is 16.3. The van der Waals surface area contributed by atoms with Crippen LogP contribution in [-0.4, -0.2) is 60.3 Å². The molecule has 3 aliphatic rings. The third-order valence-electron chi connectivity index (χ3n) is 10.0. The number of alkyl halides is 1. The highest BCUT2D eigenvalue weighted by atomic mass is 19.1. The normalized spacial score (nSPS) is 23.2. The van der Waals surface area contributed by atoms with Crippen molar-refractivity contribution in [1.82, 2.24) is 9.80 Å². The van der Waals surface area contributed by atoms with E-state index in [1.165, 1.54) is 27.3 Å². The van der Waals surface area contributed by atoms with Gasteiger partial charge >= 0.3 is 0 Å². The molecule has 1 saturated carbocycles. The number of hydrogen-bond donors (Lipinski definition) is 1. The molecule has 0 radical (unpaired) electrons. The zero-order valence-electron chi connectivity index (χ0n) is 25.0. The minimum Gasteiger partial charge on any atom is -0.491 e. The quantitative estimate of drug-likeness (QED) is 0.199. The lowest BCUT2D eigenvalue weighted by Crippen LogP contribution is -2.50. The summed E-state index contributed by atoms with van der Waals surface area (Å²) in [7, 11) is 0. The lowest BCUT2D eigenvalue weighted by atomic mass is 9.85. The molecule has 0 spiro atoms. The molecular formula is C39H39FN2O2. The van der Waals surface area contributed by atoms with Gasteiger partial charge in [0.2, 0.25) is 0 Å². The Bertz CT molecular complexity index is 1790. The predicted molar refractivity (Wildman–Crippen MR) is 175 cm³/mol. The molecule has 4 nitrogen and oxygen atoms in total. The first-order valence-electron chi connectivity index (χ1n) is 16.1. The second-order valence-corrected chi connectivity index (χ2v) is 12.9. The second kappa shape index (κ2) is 11.6. The van der Waals surface area contributed by atoms with Gasteiger partial charge in [-0.3, -0.25) is 9.80 Å². The first-order valence-corrected chi connectivity index (χ1v) is 16.1. The van der Waals surface area contributed by atoms with Gasteiger partial charge in [0.1, 0.15) is 24.6 Å². The highest BCUT2D eigenvalue weighted by molar-refractivity contribution is 5.98. The van der Waals surface area contributed by atoms with E-state index >= 15 is 4.39 Å². The minimum atomic E-state index is -0.969. The van der Waals surface area contributed by atoms with Gasteiger partial charge in [-0.15, -0.1) is 0 Å². The summed E-state index contributed by atoms with van der Waals surface area (Å²) in [5.41, 5.74) is 4.44. The molecule has 4 atom stereocenters. The van der Waals surface area contributed by atoms with Crippen molar-refractivity contribution in [2.75, 3.05) is 39.3 Å². The molecule has 5 aromatic rings. The number of aliphatic hydroxyl groups is 1. The van der Waals surface area contributed by atoms with Gasteiger partial charge in [-0.05, 0) is 86.8 Å². The molecule has 1 N–H and O–H groups in total. The number of benzene rings is 5. The van der Waals surface area contributed by atoms with E-state index in [4.69, 9.17) is 4.74 Å². The van der Waals surface area contributed by atoms with Crippen LogP contribution in [0.3, 0.4) is 0 Å². The molecule has 1 saturated heterocycles. The summed E-state index contributed by atoms with van der Waals surface area (Å²) < 4.78 is 22.3. The largest absolute Gasteiger partial charge is 0.491 e. The zero-order valence-corrected chi connectivity index (χ0v) is 25.0. The first kappa shape index (κ1) is 27.8. The molecule has 8 rings (SSSR count). The first-order chi connectivity index (χ1) is 21.6. The molecule has 5 aromatic carbocycles. The number of hydrogen-bond acceptors (Lipinski definition) is 4. The van der Waals surface area contributed by atoms with Crippen molar-refractivity contribution in [3.8, 4) is 5.75 Å². The fourth-order valence-corrected chi connectivity index (χ4v) is 7.69. The van der Waals surface area contributed by atoms with Gasteiger partial charge in [0, 0.05) is 38.6 Å². The smallest absolute Gasteiger partial charge is 0.133 e. The summed E-state index contributed by atoms with van der Waals surface area (Å²) >= 11 is 0. The molecule has 0 bridgehead atoms. The molecular weight excluding hydrogens is 547 g/mol. The lowest BCUT2D eigenvalue weighted by molar-refractivity contribution is 0.0400. The number of halogens is 1. The van der Waals surface area contributed by atoms with Crippen LogP contribution in [-0.2, 0) is 0 Å². The Kier molecular flexibility index (Phi) is 7.33.